The van der Waals surface area contributed by atoms with Crippen molar-refractivity contribution in [1.29, 1.82) is 0 Å². The van der Waals surface area contributed by atoms with Crippen molar-refractivity contribution in [3.8, 4) is 23.0 Å². The predicted octanol–water partition coefficient (Wildman–Crippen LogP) is 5.75. The van der Waals surface area contributed by atoms with E-state index in [0.29, 0.717) is 60.7 Å². The molecule has 1 saturated heterocycles. The molecule has 1 fully saturated rings. The highest BCUT2D eigenvalue weighted by atomic mass is 16.6. The summed E-state index contributed by atoms with van der Waals surface area (Å²) < 4.78 is 39.0. The third-order valence-corrected chi connectivity index (χ3v) is 8.43. The van der Waals surface area contributed by atoms with Gasteiger partial charge in [0.25, 0.3) is 5.91 Å². The molecule has 2 aromatic carbocycles. The first-order valence-electron chi connectivity index (χ1n) is 17.6. The number of nitrogens with zero attached hydrogens (tertiary/aromatic N) is 1. The van der Waals surface area contributed by atoms with Crippen molar-refractivity contribution in [3.63, 3.8) is 0 Å². The minimum atomic E-state index is -1.33. The molecule has 53 heavy (non-hydrogen) atoms. The molecular weight excluding hydrogens is 686 g/mol. The fourth-order valence-electron chi connectivity index (χ4n) is 5.75. The zero-order valence-electron chi connectivity index (χ0n) is 32.1. The number of likely N-dealkylation sites (tertiary alicyclic amines) is 1. The Labute approximate surface area is 311 Å². The van der Waals surface area contributed by atoms with E-state index in [1.165, 1.54) is 46.2 Å². The Hall–Kier alpha value is -5.07. The summed E-state index contributed by atoms with van der Waals surface area (Å²) in [6.07, 6.45) is 2.76. The molecule has 1 heterocycles. The number of aryl methyl sites for hydroxylation is 1. The van der Waals surface area contributed by atoms with E-state index in [0.717, 1.165) is 5.56 Å². The summed E-state index contributed by atoms with van der Waals surface area (Å²) in [4.78, 5) is 66.6. The second-order valence-corrected chi connectivity index (χ2v) is 14.3. The summed E-state index contributed by atoms with van der Waals surface area (Å²) in [7, 11) is 4.56. The maximum absolute atomic E-state index is 14.0. The van der Waals surface area contributed by atoms with Gasteiger partial charge >= 0.3 is 17.9 Å². The van der Waals surface area contributed by atoms with Gasteiger partial charge in [-0.1, -0.05) is 18.2 Å². The van der Waals surface area contributed by atoms with Crippen LogP contribution in [0.15, 0.2) is 49.1 Å². The molecule has 0 saturated carbocycles. The van der Waals surface area contributed by atoms with Crippen molar-refractivity contribution < 1.29 is 57.1 Å². The summed E-state index contributed by atoms with van der Waals surface area (Å²) in [5.74, 6) is -1.67. The van der Waals surface area contributed by atoms with Gasteiger partial charge in [-0.25, -0.2) is 9.59 Å². The topological polar surface area (TPSA) is 153 Å². The molecule has 13 nitrogen and oxygen atoms in total. The number of ether oxygens (including phenoxy) is 7. The lowest BCUT2D eigenvalue weighted by Gasteiger charge is -2.36. The Bertz CT molecular complexity index is 1600. The number of methoxy groups -OCH3 is 3. The normalized spacial score (nSPS) is 15.0. The van der Waals surface area contributed by atoms with Gasteiger partial charge in [-0.05, 0) is 102 Å². The number of rotatable bonds is 18. The highest BCUT2D eigenvalue weighted by molar-refractivity contribution is 6.38. The Morgan fingerprint density at radius 1 is 0.925 bits per heavy atom. The molecular formula is C40H53NO12. The quantitative estimate of drug-likeness (QED) is 0.0793. The van der Waals surface area contributed by atoms with E-state index in [9.17, 15) is 24.0 Å². The highest BCUT2D eigenvalue weighted by Gasteiger charge is 2.42. The molecule has 2 aromatic rings. The Morgan fingerprint density at radius 3 is 2.21 bits per heavy atom. The van der Waals surface area contributed by atoms with Crippen molar-refractivity contribution in [1.82, 2.24) is 4.90 Å². The number of esters is 3. The number of Topliss-reactive ketones (excluding diaryl/α,β-unsaturated/α-hetero) is 1. The predicted molar refractivity (Wildman–Crippen MR) is 195 cm³/mol. The standard InChI is InChI=1S/C40H53NO12/c1-10-14-33(42)51-25-40(5,6)36(44)37(45)41-20-12-11-17-29(41)38(46)52-30(19-18-26-21-31(47-7)35(49-9)32(22-26)48-8)27-15-13-16-28(23-27)50-24-34(43)53-39(2,3)4/h10,13,15-16,21-23,29-30H,1,11-12,14,17-20,24-25H2,2-9H3/t29-,30+/m0/s1. The van der Waals surface area contributed by atoms with Crippen molar-refractivity contribution in [2.24, 2.45) is 5.41 Å². The maximum Gasteiger partial charge on any atom is 0.344 e. The van der Waals surface area contributed by atoms with Gasteiger partial charge < -0.3 is 38.1 Å². The zero-order chi connectivity index (χ0) is 39.3. The average Bonchev–Trinajstić information content (AvgIpc) is 3.13. The van der Waals surface area contributed by atoms with Crippen LogP contribution in [0.5, 0.6) is 23.0 Å². The molecule has 0 N–H and O–H groups in total. The van der Waals surface area contributed by atoms with Crippen LogP contribution in [0.25, 0.3) is 0 Å². The molecule has 0 bridgehead atoms. The number of hydrogen-bond donors (Lipinski definition) is 0. The Balaban J connectivity index is 1.89. The molecule has 0 aromatic heterocycles. The molecule has 0 aliphatic carbocycles. The molecule has 290 valence electrons. The fourth-order valence-corrected chi connectivity index (χ4v) is 5.75. The first kappa shape index (κ1) is 42.3. The van der Waals surface area contributed by atoms with E-state index in [1.54, 1.807) is 45.0 Å². The van der Waals surface area contributed by atoms with Gasteiger partial charge in [0.15, 0.2) is 18.1 Å². The largest absolute Gasteiger partial charge is 0.493 e. The number of carbonyl (C=O) groups excluding carboxylic acids is 5. The van der Waals surface area contributed by atoms with E-state index < -0.39 is 52.8 Å². The van der Waals surface area contributed by atoms with Crippen LogP contribution >= 0.6 is 0 Å². The van der Waals surface area contributed by atoms with Gasteiger partial charge in [-0.2, -0.15) is 0 Å². The van der Waals surface area contributed by atoms with Gasteiger partial charge in [-0.3, -0.25) is 14.4 Å². The second-order valence-electron chi connectivity index (χ2n) is 14.3. The SMILES string of the molecule is C=CCC(=O)OCC(C)(C)C(=O)C(=O)N1CCCC[C@H]1C(=O)O[C@H](CCc1cc(OC)c(OC)c(OC)c1)c1cccc(OCC(=O)OC(C)(C)C)c1. The molecule has 1 aliphatic heterocycles. The van der Waals surface area contributed by atoms with Gasteiger partial charge in [-0.15, -0.1) is 6.58 Å². The first-order chi connectivity index (χ1) is 25.0. The molecule has 13 heteroatoms. The van der Waals surface area contributed by atoms with E-state index in [2.05, 4.69) is 6.58 Å². The number of piperidine rings is 1. The highest BCUT2D eigenvalue weighted by Crippen LogP contribution is 2.39. The molecule has 3 rings (SSSR count). The lowest BCUT2D eigenvalue weighted by Crippen LogP contribution is -2.53. The van der Waals surface area contributed by atoms with Gasteiger partial charge in [0.05, 0.1) is 33.2 Å². The minimum Gasteiger partial charge on any atom is -0.493 e. The number of amides is 1. The summed E-state index contributed by atoms with van der Waals surface area (Å²) >= 11 is 0. The van der Waals surface area contributed by atoms with Crippen molar-refractivity contribution in [2.45, 2.75) is 90.9 Å². The molecule has 2 atom stereocenters. The van der Waals surface area contributed by atoms with Crippen LogP contribution in [0.4, 0.5) is 0 Å². The van der Waals surface area contributed by atoms with Crippen molar-refractivity contribution in [3.05, 3.63) is 60.2 Å². The minimum absolute atomic E-state index is 0.0300. The molecule has 0 spiro atoms. The van der Waals surface area contributed by atoms with E-state index in [4.69, 9.17) is 33.2 Å². The number of benzene rings is 2. The van der Waals surface area contributed by atoms with Crippen LogP contribution < -0.4 is 18.9 Å². The summed E-state index contributed by atoms with van der Waals surface area (Å²) in [5.41, 5.74) is -0.613. The summed E-state index contributed by atoms with van der Waals surface area (Å²) in [6, 6.07) is 9.45. The fraction of sp³-hybridized carbons (Fsp3) is 0.525. The third kappa shape index (κ3) is 12.3. The van der Waals surface area contributed by atoms with Crippen molar-refractivity contribution >= 4 is 29.6 Å². The second kappa shape index (κ2) is 19.1. The molecule has 1 amide bonds. The van der Waals surface area contributed by atoms with Crippen LogP contribution in [-0.4, -0.2) is 87.2 Å². The molecule has 0 unspecified atom stereocenters. The van der Waals surface area contributed by atoms with E-state index >= 15 is 0 Å². The van der Waals surface area contributed by atoms with Crippen LogP contribution in [0.1, 0.15) is 84.0 Å². The Morgan fingerprint density at radius 2 is 1.60 bits per heavy atom. The summed E-state index contributed by atoms with van der Waals surface area (Å²) in [6.45, 7) is 11.4. The van der Waals surface area contributed by atoms with Gasteiger partial charge in [0, 0.05) is 6.54 Å². The smallest absolute Gasteiger partial charge is 0.344 e. The molecule has 0 radical (unpaired) electrons. The Kier molecular flexibility index (Phi) is 15.3. The summed E-state index contributed by atoms with van der Waals surface area (Å²) in [5, 5.41) is 0. The third-order valence-electron chi connectivity index (χ3n) is 8.43. The van der Waals surface area contributed by atoms with E-state index in [1.807, 2.05) is 12.1 Å². The maximum atomic E-state index is 14.0. The van der Waals surface area contributed by atoms with Crippen LogP contribution in [0.3, 0.4) is 0 Å². The average molecular weight is 740 g/mol. The number of hydrogen-bond acceptors (Lipinski definition) is 12. The molecule has 1 aliphatic rings. The zero-order valence-corrected chi connectivity index (χ0v) is 32.1. The lowest BCUT2D eigenvalue weighted by molar-refractivity contribution is -0.165. The van der Waals surface area contributed by atoms with Crippen LogP contribution in [0.2, 0.25) is 0 Å². The van der Waals surface area contributed by atoms with Gasteiger partial charge in [0.1, 0.15) is 30.1 Å². The van der Waals surface area contributed by atoms with Crippen LogP contribution in [0, 0.1) is 5.41 Å². The van der Waals surface area contributed by atoms with Crippen LogP contribution in [-0.2, 0) is 44.6 Å². The van der Waals surface area contributed by atoms with Crippen molar-refractivity contribution in [2.75, 3.05) is 41.1 Å². The number of ketones is 1. The first-order valence-corrected chi connectivity index (χ1v) is 17.6. The van der Waals surface area contributed by atoms with E-state index in [-0.39, 0.29) is 26.2 Å². The lowest BCUT2D eigenvalue weighted by atomic mass is 9.87. The number of carbonyl (C=O) groups is 5. The van der Waals surface area contributed by atoms with Gasteiger partial charge in [0.2, 0.25) is 11.5 Å². The monoisotopic (exact) mass is 739 g/mol.